The Bertz CT molecular complexity index is 512. The number of benzene rings is 1. The second-order valence-corrected chi connectivity index (χ2v) is 3.53. The number of hydrogen-bond donors (Lipinski definition) is 1. The number of ketones is 1. The Balaban J connectivity index is 2.58. The van der Waals surface area contributed by atoms with Crippen LogP contribution in [0.3, 0.4) is 0 Å². The number of fused-ring (bicyclic) bond motifs is 1. The Morgan fingerprint density at radius 1 is 1.22 bits per heavy atom. The first-order chi connectivity index (χ1) is 8.50. The Kier molecular flexibility index (Phi) is 3.14. The molecule has 0 fully saturated rings. The Labute approximate surface area is 99.9 Å². The summed E-state index contributed by atoms with van der Waals surface area (Å²) < 4.78 is 35.4. The summed E-state index contributed by atoms with van der Waals surface area (Å²) in [5.74, 6) is -3.18. The molecule has 1 aromatic carbocycles. The number of hydrogen-bond acceptors (Lipinski definition) is 4. The molecule has 0 saturated heterocycles. The summed E-state index contributed by atoms with van der Waals surface area (Å²) in [6.45, 7) is 0.279. The quantitative estimate of drug-likeness (QED) is 0.659. The van der Waals surface area contributed by atoms with Crippen LogP contribution >= 0.6 is 0 Å². The maximum Gasteiger partial charge on any atom is 0.377 e. The summed E-state index contributed by atoms with van der Waals surface area (Å²) in [5.41, 5.74) is -0.904. The van der Waals surface area contributed by atoms with Crippen molar-refractivity contribution in [1.29, 1.82) is 0 Å². The third-order valence-electron chi connectivity index (χ3n) is 2.36. The highest BCUT2D eigenvalue weighted by Gasteiger charge is 2.27. The van der Waals surface area contributed by atoms with Crippen LogP contribution in [0.2, 0.25) is 0 Å². The molecule has 0 unspecified atom stereocenters. The Morgan fingerprint density at radius 2 is 1.89 bits per heavy atom. The molecule has 7 heteroatoms. The number of carbonyl (C=O) groups excluding carboxylic acids is 1. The average Bonchev–Trinajstić information content (AvgIpc) is 2.36. The molecule has 2 rings (SSSR count). The summed E-state index contributed by atoms with van der Waals surface area (Å²) in [5, 5.41) is 8.63. The highest BCUT2D eigenvalue weighted by atomic mass is 19.3. The maximum absolute atomic E-state index is 12.6. The van der Waals surface area contributed by atoms with Crippen molar-refractivity contribution in [3.63, 3.8) is 0 Å². The van der Waals surface area contributed by atoms with Crippen LogP contribution in [0.4, 0.5) is 8.78 Å². The van der Waals surface area contributed by atoms with Gasteiger partial charge in [-0.1, -0.05) is 0 Å². The minimum atomic E-state index is -2.83. The molecule has 1 aromatic rings. The zero-order valence-corrected chi connectivity index (χ0v) is 8.98. The molecule has 1 aliphatic heterocycles. The first kappa shape index (κ1) is 12.3. The van der Waals surface area contributed by atoms with Gasteiger partial charge in [0.15, 0.2) is 11.5 Å². The van der Waals surface area contributed by atoms with Gasteiger partial charge in [0.1, 0.15) is 13.2 Å². The lowest BCUT2D eigenvalue weighted by molar-refractivity contribution is -0.131. The van der Waals surface area contributed by atoms with Gasteiger partial charge in [0.2, 0.25) is 0 Å². The Morgan fingerprint density at radius 3 is 2.50 bits per heavy atom. The van der Waals surface area contributed by atoms with Crippen LogP contribution in [0, 0.1) is 0 Å². The lowest BCUT2D eigenvalue weighted by Gasteiger charge is -2.21. The number of aliphatic carboxylic acids is 1. The summed E-state index contributed by atoms with van der Waals surface area (Å²) >= 11 is 0. The number of alkyl halides is 2. The minimum Gasteiger partial charge on any atom is -0.486 e. The van der Waals surface area contributed by atoms with E-state index in [0.29, 0.717) is 0 Å². The van der Waals surface area contributed by atoms with Crippen LogP contribution < -0.4 is 9.47 Å². The van der Waals surface area contributed by atoms with E-state index in [1.165, 1.54) is 0 Å². The molecule has 0 spiro atoms. The summed E-state index contributed by atoms with van der Waals surface area (Å²) in [4.78, 5) is 22.0. The highest BCUT2D eigenvalue weighted by molar-refractivity contribution is 6.40. The molecule has 0 bridgehead atoms. The van der Waals surface area contributed by atoms with Crippen LogP contribution in [-0.2, 0) is 4.79 Å². The van der Waals surface area contributed by atoms with Gasteiger partial charge in [-0.25, -0.2) is 13.6 Å². The van der Waals surface area contributed by atoms with Crippen LogP contribution in [0.25, 0.3) is 0 Å². The number of carboxylic acid groups (broad SMARTS) is 1. The lowest BCUT2D eigenvalue weighted by atomic mass is 10.0. The van der Waals surface area contributed by atoms with Crippen LogP contribution in [0.15, 0.2) is 12.1 Å². The molecule has 1 aliphatic rings. The molecule has 5 nitrogen and oxygen atoms in total. The first-order valence-electron chi connectivity index (χ1n) is 5.00. The molecule has 0 radical (unpaired) electrons. The zero-order chi connectivity index (χ0) is 13.3. The third-order valence-corrected chi connectivity index (χ3v) is 2.36. The van der Waals surface area contributed by atoms with Crippen LogP contribution in [0.1, 0.15) is 22.3 Å². The van der Waals surface area contributed by atoms with Gasteiger partial charge in [0, 0.05) is 5.56 Å². The topological polar surface area (TPSA) is 72.8 Å². The summed E-state index contributed by atoms with van der Waals surface area (Å²) in [6.07, 6.45) is -2.83. The zero-order valence-electron chi connectivity index (χ0n) is 8.98. The maximum atomic E-state index is 12.6. The molecule has 0 saturated carbocycles. The molecule has 0 aliphatic carbocycles. The van der Waals surface area contributed by atoms with Crippen molar-refractivity contribution in [2.24, 2.45) is 0 Å². The predicted octanol–water partition coefficient (Wildman–Crippen LogP) is 1.66. The average molecular weight is 258 g/mol. The molecule has 1 heterocycles. The molecule has 0 aromatic heterocycles. The number of ether oxygens (including phenoxy) is 2. The summed E-state index contributed by atoms with van der Waals surface area (Å²) in [6, 6.07) is 1.85. The Hall–Kier alpha value is -2.18. The normalized spacial score (nSPS) is 13.5. The van der Waals surface area contributed by atoms with E-state index >= 15 is 0 Å². The molecule has 96 valence electrons. The third kappa shape index (κ3) is 2.11. The number of carbonyl (C=O) groups is 2. The van der Waals surface area contributed by atoms with E-state index in [1.54, 1.807) is 0 Å². The van der Waals surface area contributed by atoms with Gasteiger partial charge in [0.25, 0.3) is 12.2 Å². The van der Waals surface area contributed by atoms with Crippen LogP contribution in [-0.4, -0.2) is 30.1 Å². The van der Waals surface area contributed by atoms with Crippen molar-refractivity contribution in [1.82, 2.24) is 0 Å². The smallest absolute Gasteiger partial charge is 0.377 e. The molecule has 0 amide bonds. The summed E-state index contributed by atoms with van der Waals surface area (Å²) in [7, 11) is 0. The lowest BCUT2D eigenvalue weighted by Crippen LogP contribution is -2.21. The van der Waals surface area contributed by atoms with Crippen molar-refractivity contribution in [3.8, 4) is 11.5 Å². The van der Waals surface area contributed by atoms with Gasteiger partial charge in [-0.05, 0) is 12.1 Å². The highest BCUT2D eigenvalue weighted by Crippen LogP contribution is 2.38. The van der Waals surface area contributed by atoms with E-state index in [9.17, 15) is 18.4 Å². The SMILES string of the molecule is O=C(O)C(=O)c1cc(C(F)F)cc2c1OCCO2. The number of carboxylic acids is 1. The van der Waals surface area contributed by atoms with E-state index in [2.05, 4.69) is 0 Å². The molecule has 18 heavy (non-hydrogen) atoms. The number of Topliss-reactive ketones (excluding diaryl/α,β-unsaturated/α-hetero) is 1. The van der Waals surface area contributed by atoms with Crippen molar-refractivity contribution < 1.29 is 33.0 Å². The van der Waals surface area contributed by atoms with Crippen LogP contribution in [0.5, 0.6) is 11.5 Å². The number of rotatable bonds is 3. The largest absolute Gasteiger partial charge is 0.486 e. The molecule has 0 atom stereocenters. The van der Waals surface area contributed by atoms with E-state index < -0.39 is 29.3 Å². The monoisotopic (exact) mass is 258 g/mol. The van der Waals surface area contributed by atoms with Gasteiger partial charge in [-0.2, -0.15) is 0 Å². The van der Waals surface area contributed by atoms with Gasteiger partial charge in [0.05, 0.1) is 5.56 Å². The molecular formula is C11H8F2O5. The minimum absolute atomic E-state index is 0.0383. The van der Waals surface area contributed by atoms with E-state index in [1.807, 2.05) is 0 Å². The standard InChI is InChI=1S/C11H8F2O5/c12-10(13)5-3-6(8(14)11(15)16)9-7(4-5)17-1-2-18-9/h3-4,10H,1-2H2,(H,15,16). The van der Waals surface area contributed by atoms with Gasteiger partial charge < -0.3 is 14.6 Å². The molecular weight excluding hydrogens is 250 g/mol. The van der Waals surface area contributed by atoms with Crippen molar-refractivity contribution >= 4 is 11.8 Å². The van der Waals surface area contributed by atoms with E-state index in [4.69, 9.17) is 14.6 Å². The second kappa shape index (κ2) is 4.59. The molecule has 1 N–H and O–H groups in total. The van der Waals surface area contributed by atoms with Gasteiger partial charge >= 0.3 is 5.97 Å². The van der Waals surface area contributed by atoms with E-state index in [-0.39, 0.29) is 24.7 Å². The van der Waals surface area contributed by atoms with E-state index in [0.717, 1.165) is 12.1 Å². The van der Waals surface area contributed by atoms with Crippen molar-refractivity contribution in [2.75, 3.05) is 13.2 Å². The van der Waals surface area contributed by atoms with Gasteiger partial charge in [-0.15, -0.1) is 0 Å². The fourth-order valence-electron chi connectivity index (χ4n) is 1.58. The van der Waals surface area contributed by atoms with Crippen molar-refractivity contribution in [3.05, 3.63) is 23.3 Å². The first-order valence-corrected chi connectivity index (χ1v) is 5.00. The fourth-order valence-corrected chi connectivity index (χ4v) is 1.58. The van der Waals surface area contributed by atoms with Gasteiger partial charge in [-0.3, -0.25) is 4.79 Å². The number of halogens is 2. The van der Waals surface area contributed by atoms with Crippen molar-refractivity contribution in [2.45, 2.75) is 6.43 Å². The fraction of sp³-hybridized carbons (Fsp3) is 0.273. The second-order valence-electron chi connectivity index (χ2n) is 3.53. The predicted molar refractivity (Wildman–Crippen MR) is 54.4 cm³/mol.